The summed E-state index contributed by atoms with van der Waals surface area (Å²) in [6.07, 6.45) is 4.81. The standard InChI is InChI=1S/C15H19NO2S/c1-2-6-15(7-8-15)11-16-14(18)13-12(4-3-9-17)5-10-19-13/h5,10,17H,2,6-9,11H2,1H3,(H,16,18). The molecule has 1 heterocycles. The van der Waals surface area contributed by atoms with Gasteiger partial charge in [-0.1, -0.05) is 25.2 Å². The van der Waals surface area contributed by atoms with E-state index < -0.39 is 0 Å². The predicted octanol–water partition coefficient (Wildman–Crippen LogP) is 2.40. The zero-order valence-electron chi connectivity index (χ0n) is 11.2. The zero-order valence-corrected chi connectivity index (χ0v) is 12.0. The lowest BCUT2D eigenvalue weighted by atomic mass is 10.0. The van der Waals surface area contributed by atoms with Crippen LogP contribution in [-0.2, 0) is 0 Å². The van der Waals surface area contributed by atoms with Crippen LogP contribution in [0.2, 0.25) is 0 Å². The van der Waals surface area contributed by atoms with Crippen LogP contribution < -0.4 is 5.32 Å². The minimum atomic E-state index is -0.184. The second-order valence-corrected chi connectivity index (χ2v) is 5.97. The molecular formula is C15H19NO2S. The second kappa shape index (κ2) is 6.23. The molecule has 3 nitrogen and oxygen atoms in total. The molecule has 0 radical (unpaired) electrons. The number of carbonyl (C=O) groups is 1. The molecule has 0 unspecified atom stereocenters. The van der Waals surface area contributed by atoms with Gasteiger partial charge in [0, 0.05) is 12.1 Å². The van der Waals surface area contributed by atoms with Gasteiger partial charge < -0.3 is 10.4 Å². The van der Waals surface area contributed by atoms with Crippen LogP contribution in [0.15, 0.2) is 11.4 Å². The second-order valence-electron chi connectivity index (χ2n) is 5.06. The van der Waals surface area contributed by atoms with Crippen molar-refractivity contribution < 1.29 is 9.90 Å². The van der Waals surface area contributed by atoms with Crippen molar-refractivity contribution in [2.75, 3.05) is 13.2 Å². The summed E-state index contributed by atoms with van der Waals surface area (Å²) in [5.41, 5.74) is 1.07. The van der Waals surface area contributed by atoms with Gasteiger partial charge in [0.25, 0.3) is 5.91 Å². The highest BCUT2D eigenvalue weighted by Gasteiger charge is 2.41. The number of carbonyl (C=O) groups excluding carboxylic acids is 1. The Morgan fingerprint density at radius 2 is 2.37 bits per heavy atom. The molecule has 1 saturated carbocycles. The van der Waals surface area contributed by atoms with Crippen LogP contribution in [0.1, 0.15) is 47.8 Å². The third-order valence-electron chi connectivity index (χ3n) is 3.53. The Kier molecular flexibility index (Phi) is 4.62. The fourth-order valence-electron chi connectivity index (χ4n) is 2.29. The number of amides is 1. The summed E-state index contributed by atoms with van der Waals surface area (Å²) in [6.45, 7) is 2.77. The van der Waals surface area contributed by atoms with Crippen LogP contribution in [0, 0.1) is 17.3 Å². The van der Waals surface area contributed by atoms with Crippen molar-refractivity contribution in [2.45, 2.75) is 32.6 Å². The van der Waals surface area contributed by atoms with Crippen molar-refractivity contribution in [1.82, 2.24) is 5.32 Å². The number of hydrogen-bond donors (Lipinski definition) is 2. The van der Waals surface area contributed by atoms with E-state index in [1.807, 2.05) is 11.4 Å². The lowest BCUT2D eigenvalue weighted by Gasteiger charge is -2.14. The number of aliphatic hydroxyl groups excluding tert-OH is 1. The van der Waals surface area contributed by atoms with Gasteiger partial charge in [-0.2, -0.15) is 0 Å². The maximum Gasteiger partial charge on any atom is 0.262 e. The molecule has 1 aliphatic carbocycles. The average molecular weight is 277 g/mol. The summed E-state index contributed by atoms with van der Waals surface area (Å²) in [6, 6.07) is 1.82. The Hall–Kier alpha value is -1.31. The van der Waals surface area contributed by atoms with E-state index in [1.54, 1.807) is 0 Å². The van der Waals surface area contributed by atoms with Gasteiger partial charge in [-0.25, -0.2) is 0 Å². The summed E-state index contributed by atoms with van der Waals surface area (Å²) < 4.78 is 0. The highest BCUT2D eigenvalue weighted by molar-refractivity contribution is 7.12. The van der Waals surface area contributed by atoms with Crippen LogP contribution in [0.5, 0.6) is 0 Å². The van der Waals surface area contributed by atoms with Crippen molar-refractivity contribution in [1.29, 1.82) is 0 Å². The summed E-state index contributed by atoms with van der Waals surface area (Å²) in [4.78, 5) is 12.8. The van der Waals surface area contributed by atoms with Gasteiger partial charge in [0.1, 0.15) is 11.5 Å². The van der Waals surface area contributed by atoms with E-state index in [0.29, 0.717) is 15.9 Å². The fourth-order valence-corrected chi connectivity index (χ4v) is 3.05. The summed E-state index contributed by atoms with van der Waals surface area (Å²) in [7, 11) is 0. The molecule has 0 bridgehead atoms. The fraction of sp³-hybridized carbons (Fsp3) is 0.533. The third kappa shape index (κ3) is 3.59. The third-order valence-corrected chi connectivity index (χ3v) is 4.45. The van der Waals surface area contributed by atoms with Crippen LogP contribution in [0.3, 0.4) is 0 Å². The molecular weight excluding hydrogens is 258 g/mol. The van der Waals surface area contributed by atoms with Crippen LogP contribution in [0.25, 0.3) is 0 Å². The molecule has 0 saturated heterocycles. The van der Waals surface area contributed by atoms with Gasteiger partial charge in [-0.3, -0.25) is 4.79 Å². The number of nitrogens with one attached hydrogen (secondary N) is 1. The topological polar surface area (TPSA) is 49.3 Å². The van der Waals surface area contributed by atoms with E-state index in [4.69, 9.17) is 5.11 Å². The van der Waals surface area contributed by atoms with E-state index in [1.165, 1.54) is 37.0 Å². The van der Waals surface area contributed by atoms with Gasteiger partial charge >= 0.3 is 0 Å². The van der Waals surface area contributed by atoms with E-state index in [2.05, 4.69) is 24.1 Å². The van der Waals surface area contributed by atoms with E-state index >= 15 is 0 Å². The summed E-state index contributed by atoms with van der Waals surface area (Å²) in [5, 5.41) is 13.6. The Morgan fingerprint density at radius 1 is 1.58 bits per heavy atom. The molecule has 0 atom stereocenters. The maximum absolute atomic E-state index is 12.1. The molecule has 102 valence electrons. The Morgan fingerprint density at radius 3 is 3.00 bits per heavy atom. The van der Waals surface area contributed by atoms with Gasteiger partial charge in [-0.15, -0.1) is 11.3 Å². The quantitative estimate of drug-likeness (QED) is 0.812. The number of rotatable bonds is 5. The van der Waals surface area contributed by atoms with Gasteiger partial charge in [0.15, 0.2) is 0 Å². The monoisotopic (exact) mass is 277 g/mol. The summed E-state index contributed by atoms with van der Waals surface area (Å²) in [5.74, 6) is 5.35. The lowest BCUT2D eigenvalue weighted by Crippen LogP contribution is -2.30. The van der Waals surface area contributed by atoms with Crippen molar-refractivity contribution in [3.05, 3.63) is 21.9 Å². The van der Waals surface area contributed by atoms with Gasteiger partial charge in [0.2, 0.25) is 0 Å². The van der Waals surface area contributed by atoms with Crippen LogP contribution in [0.4, 0.5) is 0 Å². The molecule has 1 amide bonds. The molecule has 19 heavy (non-hydrogen) atoms. The molecule has 2 rings (SSSR count). The van der Waals surface area contributed by atoms with Crippen molar-refractivity contribution in [3.63, 3.8) is 0 Å². The molecule has 1 aliphatic rings. The smallest absolute Gasteiger partial charge is 0.262 e. The molecule has 1 aromatic heterocycles. The Bertz CT molecular complexity index is 506. The highest BCUT2D eigenvalue weighted by Crippen LogP contribution is 2.48. The lowest BCUT2D eigenvalue weighted by molar-refractivity contribution is 0.0947. The first-order valence-corrected chi connectivity index (χ1v) is 7.54. The molecule has 2 N–H and O–H groups in total. The highest BCUT2D eigenvalue weighted by atomic mass is 32.1. The van der Waals surface area contributed by atoms with Crippen molar-refractivity contribution in [3.8, 4) is 11.8 Å². The first kappa shape index (κ1) is 14.1. The maximum atomic E-state index is 12.1. The van der Waals surface area contributed by atoms with Gasteiger partial charge in [0.05, 0.1) is 0 Å². The van der Waals surface area contributed by atoms with Crippen LogP contribution in [-0.4, -0.2) is 24.2 Å². The number of hydrogen-bond acceptors (Lipinski definition) is 3. The van der Waals surface area contributed by atoms with Crippen molar-refractivity contribution in [2.24, 2.45) is 5.41 Å². The number of thiophene rings is 1. The largest absolute Gasteiger partial charge is 0.384 e. The summed E-state index contributed by atoms with van der Waals surface area (Å²) >= 11 is 1.40. The van der Waals surface area contributed by atoms with Crippen molar-refractivity contribution >= 4 is 17.2 Å². The first-order chi connectivity index (χ1) is 9.21. The predicted molar refractivity (Wildman–Crippen MR) is 77.2 cm³/mol. The zero-order chi connectivity index (χ0) is 13.7. The number of aliphatic hydroxyl groups is 1. The van der Waals surface area contributed by atoms with Crippen LogP contribution >= 0.6 is 11.3 Å². The molecule has 1 aromatic rings. The molecule has 0 aromatic carbocycles. The minimum absolute atomic E-state index is 0.0420. The normalized spacial score (nSPS) is 15.5. The van der Waals surface area contributed by atoms with E-state index in [9.17, 15) is 4.79 Å². The molecule has 4 heteroatoms. The first-order valence-electron chi connectivity index (χ1n) is 6.66. The van der Waals surface area contributed by atoms with E-state index in [-0.39, 0.29) is 12.5 Å². The molecule has 0 aliphatic heterocycles. The minimum Gasteiger partial charge on any atom is -0.384 e. The Labute approximate surface area is 118 Å². The van der Waals surface area contributed by atoms with E-state index in [0.717, 1.165) is 6.54 Å². The van der Waals surface area contributed by atoms with Gasteiger partial charge in [-0.05, 0) is 36.1 Å². The molecule has 1 fully saturated rings. The SMILES string of the molecule is CCCC1(CNC(=O)c2sccc2C#CCO)CC1. The average Bonchev–Trinajstić information content (AvgIpc) is 3.01. The Balaban J connectivity index is 1.95. The molecule has 0 spiro atoms.